The van der Waals surface area contributed by atoms with Crippen LogP contribution < -0.4 is 11.1 Å². The van der Waals surface area contributed by atoms with Crippen LogP contribution in [0.5, 0.6) is 0 Å². The van der Waals surface area contributed by atoms with Crippen LogP contribution in [0, 0.1) is 0 Å². The van der Waals surface area contributed by atoms with Crippen LogP contribution in [0.3, 0.4) is 0 Å². The second kappa shape index (κ2) is 7.44. The molecule has 20 heavy (non-hydrogen) atoms. The highest BCUT2D eigenvalue weighted by atomic mass is 16.1. The lowest BCUT2D eigenvalue weighted by Crippen LogP contribution is -2.32. The maximum Gasteiger partial charge on any atom is 0.251 e. The first-order chi connectivity index (χ1) is 9.72. The first-order valence-electron chi connectivity index (χ1n) is 7.89. The van der Waals surface area contributed by atoms with Gasteiger partial charge in [-0.05, 0) is 30.0 Å². The van der Waals surface area contributed by atoms with E-state index in [1.807, 2.05) is 6.07 Å². The van der Waals surface area contributed by atoms with E-state index in [1.165, 1.54) is 32.1 Å². The number of unbranched alkanes of at least 4 members (excludes halogenated alkanes) is 4. The number of carbonyl (C=O) groups is 1. The van der Waals surface area contributed by atoms with Crippen LogP contribution in [-0.2, 0) is 6.42 Å². The molecule has 2 rings (SSSR count). The Morgan fingerprint density at radius 1 is 1.25 bits per heavy atom. The van der Waals surface area contributed by atoms with E-state index in [2.05, 4.69) is 24.4 Å². The number of fused-ring (bicyclic) bond motifs is 1. The zero-order valence-electron chi connectivity index (χ0n) is 12.5. The second-order valence-corrected chi connectivity index (χ2v) is 5.73. The van der Waals surface area contributed by atoms with Gasteiger partial charge in [0.05, 0.1) is 0 Å². The van der Waals surface area contributed by atoms with Crippen LogP contribution in [0.25, 0.3) is 0 Å². The molecular formula is C17H26N2O. The average Bonchev–Trinajstić information content (AvgIpc) is 2.47. The van der Waals surface area contributed by atoms with Crippen LogP contribution in [0.2, 0.25) is 0 Å². The van der Waals surface area contributed by atoms with Gasteiger partial charge in [0.1, 0.15) is 0 Å². The Balaban J connectivity index is 1.91. The van der Waals surface area contributed by atoms with E-state index >= 15 is 0 Å². The van der Waals surface area contributed by atoms with E-state index in [0.717, 1.165) is 36.1 Å². The van der Waals surface area contributed by atoms with Crippen molar-refractivity contribution in [2.24, 2.45) is 5.73 Å². The average molecular weight is 274 g/mol. The van der Waals surface area contributed by atoms with Crippen molar-refractivity contribution >= 4 is 5.91 Å². The number of amides is 1. The normalized spacial score (nSPS) is 15.6. The van der Waals surface area contributed by atoms with Gasteiger partial charge in [-0.2, -0.15) is 0 Å². The summed E-state index contributed by atoms with van der Waals surface area (Å²) in [5.41, 5.74) is 9.31. The Bertz CT molecular complexity index is 456. The Morgan fingerprint density at radius 3 is 2.85 bits per heavy atom. The Labute approximate surface area is 121 Å². The van der Waals surface area contributed by atoms with Gasteiger partial charge in [0, 0.05) is 18.2 Å². The first-order valence-corrected chi connectivity index (χ1v) is 7.89. The third-order valence-corrected chi connectivity index (χ3v) is 4.11. The van der Waals surface area contributed by atoms with Crippen molar-refractivity contribution in [3.05, 3.63) is 34.9 Å². The van der Waals surface area contributed by atoms with Gasteiger partial charge >= 0.3 is 0 Å². The van der Waals surface area contributed by atoms with E-state index in [0.29, 0.717) is 0 Å². The van der Waals surface area contributed by atoms with Crippen LogP contribution in [0.4, 0.5) is 0 Å². The molecule has 1 aromatic rings. The minimum atomic E-state index is 0.0447. The number of benzene rings is 1. The van der Waals surface area contributed by atoms with E-state index < -0.39 is 0 Å². The molecule has 1 unspecified atom stereocenters. The quantitative estimate of drug-likeness (QED) is 0.749. The lowest BCUT2D eigenvalue weighted by Gasteiger charge is -2.19. The molecular weight excluding hydrogens is 248 g/mol. The number of nitrogens with two attached hydrogens (primary N) is 1. The minimum absolute atomic E-state index is 0.0447. The molecule has 1 heterocycles. The van der Waals surface area contributed by atoms with Gasteiger partial charge < -0.3 is 11.1 Å². The maximum atomic E-state index is 11.8. The van der Waals surface area contributed by atoms with Gasteiger partial charge in [-0.25, -0.2) is 0 Å². The summed E-state index contributed by atoms with van der Waals surface area (Å²) in [7, 11) is 0. The van der Waals surface area contributed by atoms with Crippen molar-refractivity contribution in [3.63, 3.8) is 0 Å². The van der Waals surface area contributed by atoms with E-state index in [1.54, 1.807) is 0 Å². The van der Waals surface area contributed by atoms with E-state index in [9.17, 15) is 4.79 Å². The molecule has 1 aromatic carbocycles. The molecule has 1 atom stereocenters. The monoisotopic (exact) mass is 274 g/mol. The fraction of sp³-hybridized carbons (Fsp3) is 0.588. The Hall–Kier alpha value is -1.35. The van der Waals surface area contributed by atoms with E-state index in [4.69, 9.17) is 5.73 Å². The predicted molar refractivity (Wildman–Crippen MR) is 82.8 cm³/mol. The molecule has 1 aliphatic rings. The smallest absolute Gasteiger partial charge is 0.251 e. The van der Waals surface area contributed by atoms with Gasteiger partial charge in [0.15, 0.2) is 0 Å². The van der Waals surface area contributed by atoms with Crippen molar-refractivity contribution in [3.8, 4) is 0 Å². The lowest BCUT2D eigenvalue weighted by atomic mass is 9.93. The Morgan fingerprint density at radius 2 is 2.05 bits per heavy atom. The molecule has 3 nitrogen and oxygen atoms in total. The lowest BCUT2D eigenvalue weighted by molar-refractivity contribution is 0.0946. The molecule has 0 saturated heterocycles. The highest BCUT2D eigenvalue weighted by Gasteiger charge is 2.18. The maximum absolute atomic E-state index is 11.8. The summed E-state index contributed by atoms with van der Waals surface area (Å²) in [4.78, 5) is 11.8. The zero-order valence-corrected chi connectivity index (χ0v) is 12.5. The van der Waals surface area contributed by atoms with Gasteiger partial charge in [0.25, 0.3) is 5.91 Å². The molecule has 110 valence electrons. The molecule has 0 aliphatic carbocycles. The summed E-state index contributed by atoms with van der Waals surface area (Å²) >= 11 is 0. The van der Waals surface area contributed by atoms with E-state index in [-0.39, 0.29) is 11.9 Å². The topological polar surface area (TPSA) is 55.1 Å². The van der Waals surface area contributed by atoms with Crippen LogP contribution >= 0.6 is 0 Å². The summed E-state index contributed by atoms with van der Waals surface area (Å²) < 4.78 is 0. The van der Waals surface area contributed by atoms with Gasteiger partial charge in [0.2, 0.25) is 0 Å². The molecule has 0 spiro atoms. The largest absolute Gasteiger partial charge is 0.352 e. The highest BCUT2D eigenvalue weighted by molar-refractivity contribution is 5.96. The molecule has 0 bridgehead atoms. The van der Waals surface area contributed by atoms with Crippen LogP contribution in [0.15, 0.2) is 18.2 Å². The van der Waals surface area contributed by atoms with Gasteiger partial charge in [-0.15, -0.1) is 0 Å². The van der Waals surface area contributed by atoms with Crippen molar-refractivity contribution < 1.29 is 4.79 Å². The summed E-state index contributed by atoms with van der Waals surface area (Å²) in [6.45, 7) is 2.97. The van der Waals surface area contributed by atoms with Gasteiger partial charge in [-0.1, -0.05) is 51.2 Å². The zero-order chi connectivity index (χ0) is 14.4. The molecule has 0 aromatic heterocycles. The fourth-order valence-corrected chi connectivity index (χ4v) is 2.79. The van der Waals surface area contributed by atoms with Crippen molar-refractivity contribution in [1.82, 2.24) is 5.32 Å². The third kappa shape index (κ3) is 3.83. The summed E-state index contributed by atoms with van der Waals surface area (Å²) in [5.74, 6) is 0.0447. The minimum Gasteiger partial charge on any atom is -0.352 e. The third-order valence-electron chi connectivity index (χ3n) is 4.11. The molecule has 1 amide bonds. The number of nitrogens with one attached hydrogen (secondary N) is 1. The molecule has 3 N–H and O–H groups in total. The first kappa shape index (κ1) is 15.0. The molecule has 3 heteroatoms. The van der Waals surface area contributed by atoms with Crippen molar-refractivity contribution in [2.45, 2.75) is 57.9 Å². The standard InChI is InChI=1S/C17H26N2O/c1-2-3-4-5-6-7-16(18)14-9-8-13-10-11-19-17(20)15(13)12-14/h8-9,12,16H,2-7,10-11,18H2,1H3,(H,19,20). The Kier molecular flexibility index (Phi) is 5.60. The number of hydrogen-bond acceptors (Lipinski definition) is 2. The number of hydrogen-bond donors (Lipinski definition) is 2. The predicted octanol–water partition coefficient (Wildman–Crippen LogP) is 3.33. The SMILES string of the molecule is CCCCCCCC(N)c1ccc2c(c1)C(=O)NCC2. The fourth-order valence-electron chi connectivity index (χ4n) is 2.79. The molecule has 0 radical (unpaired) electrons. The summed E-state index contributed by atoms with van der Waals surface area (Å²) in [5, 5.41) is 2.89. The van der Waals surface area contributed by atoms with Crippen molar-refractivity contribution in [1.29, 1.82) is 0 Å². The molecule has 0 saturated carbocycles. The van der Waals surface area contributed by atoms with Crippen LogP contribution in [0.1, 0.15) is 73.0 Å². The molecule has 0 fully saturated rings. The molecule has 1 aliphatic heterocycles. The summed E-state index contributed by atoms with van der Waals surface area (Å²) in [6, 6.07) is 6.20. The van der Waals surface area contributed by atoms with Gasteiger partial charge in [-0.3, -0.25) is 4.79 Å². The second-order valence-electron chi connectivity index (χ2n) is 5.73. The van der Waals surface area contributed by atoms with Crippen molar-refractivity contribution in [2.75, 3.05) is 6.54 Å². The summed E-state index contributed by atoms with van der Waals surface area (Å²) in [6.07, 6.45) is 8.24. The van der Waals surface area contributed by atoms with Crippen LogP contribution in [-0.4, -0.2) is 12.5 Å². The highest BCUT2D eigenvalue weighted by Crippen LogP contribution is 2.22. The number of carbonyl (C=O) groups excluding carboxylic acids is 1. The number of rotatable bonds is 7.